The van der Waals surface area contributed by atoms with Gasteiger partial charge in [0, 0.05) is 0 Å². The van der Waals surface area contributed by atoms with Crippen LogP contribution in [0.15, 0.2) is 24.3 Å². The fraction of sp³-hybridized carbons (Fsp3) is 0.400. The minimum absolute atomic E-state index is 0.735. The maximum Gasteiger partial charge on any atom is 0.417 e. The molecular weight excluding hydrogens is 468 g/mol. The molecular formula is C20H12F12. The van der Waals surface area contributed by atoms with Crippen LogP contribution in [-0.2, 0) is 50.4 Å². The summed E-state index contributed by atoms with van der Waals surface area (Å²) in [5.74, 6) is 0. The third kappa shape index (κ3) is 4.54. The van der Waals surface area contributed by atoms with Gasteiger partial charge in [-0.2, -0.15) is 52.7 Å². The molecule has 0 saturated carbocycles. The summed E-state index contributed by atoms with van der Waals surface area (Å²) in [7, 11) is 0. The Kier molecular flexibility index (Phi) is 5.75. The van der Waals surface area contributed by atoms with Crippen LogP contribution in [-0.4, -0.2) is 0 Å². The Morgan fingerprint density at radius 3 is 0.625 bits per heavy atom. The minimum Gasteiger partial charge on any atom is -0.166 e. The Labute approximate surface area is 172 Å². The second-order valence-corrected chi connectivity index (χ2v) is 7.26. The molecule has 0 N–H and O–H groups in total. The molecule has 0 saturated heterocycles. The largest absolute Gasteiger partial charge is 0.417 e. The Bertz CT molecular complexity index is 854. The number of hydrogen-bond acceptors (Lipinski definition) is 0. The van der Waals surface area contributed by atoms with E-state index in [0.29, 0.717) is 0 Å². The fourth-order valence-corrected chi connectivity index (χ4v) is 4.05. The van der Waals surface area contributed by atoms with Gasteiger partial charge in [0.05, 0.1) is 22.3 Å². The van der Waals surface area contributed by atoms with E-state index < -0.39 is 94.9 Å². The van der Waals surface area contributed by atoms with Gasteiger partial charge in [-0.1, -0.05) is 24.3 Å². The van der Waals surface area contributed by atoms with Crippen molar-refractivity contribution < 1.29 is 52.7 Å². The van der Waals surface area contributed by atoms with Gasteiger partial charge in [-0.25, -0.2) is 0 Å². The summed E-state index contributed by atoms with van der Waals surface area (Å²) in [6, 6.07) is 2.94. The minimum atomic E-state index is -5.48. The molecule has 0 radical (unpaired) electrons. The highest BCUT2D eigenvalue weighted by molar-refractivity contribution is 5.49. The monoisotopic (exact) mass is 480 g/mol. The second-order valence-electron chi connectivity index (χ2n) is 7.26. The Morgan fingerprint density at radius 2 is 0.500 bits per heavy atom. The number of rotatable bonds is 0. The van der Waals surface area contributed by atoms with Crippen LogP contribution in [0, 0.1) is 0 Å². The van der Waals surface area contributed by atoms with Crippen molar-refractivity contribution in [3.05, 3.63) is 68.8 Å². The van der Waals surface area contributed by atoms with E-state index in [-0.39, 0.29) is 0 Å². The quantitative estimate of drug-likeness (QED) is 0.340. The van der Waals surface area contributed by atoms with Crippen LogP contribution in [0.25, 0.3) is 0 Å². The normalized spacial score (nSPS) is 15.6. The SMILES string of the molecule is FC(F)(F)c1c2ccc(c1C(F)(F)F)CCc1ccc(c(C(F)(F)F)c1C(F)(F)F)CC2. The number of alkyl halides is 12. The molecule has 2 aromatic carbocycles. The summed E-state index contributed by atoms with van der Waals surface area (Å²) in [6.07, 6.45) is -25.8. The van der Waals surface area contributed by atoms with Gasteiger partial charge in [-0.15, -0.1) is 0 Å². The van der Waals surface area contributed by atoms with Crippen molar-refractivity contribution in [2.24, 2.45) is 0 Å². The van der Waals surface area contributed by atoms with Crippen LogP contribution in [0.5, 0.6) is 0 Å². The molecule has 176 valence electrons. The van der Waals surface area contributed by atoms with E-state index in [1.807, 2.05) is 0 Å². The maximum atomic E-state index is 13.6. The average Bonchev–Trinajstić information content (AvgIpc) is 2.58. The molecule has 4 aliphatic rings. The molecule has 0 unspecified atom stereocenters. The van der Waals surface area contributed by atoms with E-state index in [4.69, 9.17) is 0 Å². The van der Waals surface area contributed by atoms with Gasteiger partial charge in [0.15, 0.2) is 0 Å². The van der Waals surface area contributed by atoms with Gasteiger partial charge in [-0.05, 0) is 47.9 Å². The van der Waals surface area contributed by atoms with Crippen LogP contribution < -0.4 is 0 Å². The number of halogens is 12. The fourth-order valence-electron chi connectivity index (χ4n) is 4.05. The van der Waals surface area contributed by atoms with E-state index in [0.717, 1.165) is 24.3 Å². The first kappa shape index (κ1) is 24.2. The predicted octanol–water partition coefficient (Wildman–Crippen LogP) is 7.65. The molecule has 4 bridgehead atoms. The third-order valence-electron chi connectivity index (χ3n) is 5.22. The molecule has 0 atom stereocenters. The summed E-state index contributed by atoms with van der Waals surface area (Å²) < 4.78 is 163. The second kappa shape index (κ2) is 7.58. The van der Waals surface area contributed by atoms with Crippen LogP contribution in [0.3, 0.4) is 0 Å². The van der Waals surface area contributed by atoms with Gasteiger partial charge >= 0.3 is 24.7 Å². The molecule has 0 nitrogen and oxygen atoms in total. The van der Waals surface area contributed by atoms with E-state index >= 15 is 0 Å². The molecule has 0 aromatic heterocycles. The summed E-state index contributed by atoms with van der Waals surface area (Å²) in [5, 5.41) is 0. The van der Waals surface area contributed by atoms with Crippen LogP contribution in [0.4, 0.5) is 52.7 Å². The van der Waals surface area contributed by atoms with Gasteiger partial charge in [0.2, 0.25) is 0 Å². The van der Waals surface area contributed by atoms with Crippen LogP contribution in [0.2, 0.25) is 0 Å². The number of aryl methyl sites for hydroxylation is 4. The number of benzene rings is 2. The lowest BCUT2D eigenvalue weighted by molar-refractivity contribution is -0.163. The standard InChI is InChI=1S/C20H12F12/c21-17(22,23)13-9-1-2-10(14(13)18(24,25)26)7-8-12-4-3-11(6-5-9)15(19(27,28)29)16(12)20(30,31)32/h1-4H,5-8H2. The van der Waals surface area contributed by atoms with Crippen molar-refractivity contribution in [1.29, 1.82) is 0 Å². The van der Waals surface area contributed by atoms with E-state index in [9.17, 15) is 52.7 Å². The zero-order valence-electron chi connectivity index (χ0n) is 15.7. The molecule has 0 amide bonds. The summed E-state index contributed by atoms with van der Waals surface area (Å²) in [6.45, 7) is 0. The van der Waals surface area contributed by atoms with Crippen molar-refractivity contribution in [1.82, 2.24) is 0 Å². The van der Waals surface area contributed by atoms with Crippen LogP contribution >= 0.6 is 0 Å². The first-order valence-corrected chi connectivity index (χ1v) is 9.00. The maximum absolute atomic E-state index is 13.6. The summed E-state index contributed by atoms with van der Waals surface area (Å²) >= 11 is 0. The zero-order chi connectivity index (χ0) is 24.3. The van der Waals surface area contributed by atoms with Gasteiger partial charge in [-0.3, -0.25) is 0 Å². The van der Waals surface area contributed by atoms with Crippen LogP contribution in [0.1, 0.15) is 44.5 Å². The predicted molar refractivity (Wildman–Crippen MR) is 87.7 cm³/mol. The van der Waals surface area contributed by atoms with Crippen molar-refractivity contribution in [3.8, 4) is 0 Å². The lowest BCUT2D eigenvalue weighted by Crippen LogP contribution is -2.25. The van der Waals surface area contributed by atoms with E-state index in [1.165, 1.54) is 0 Å². The molecule has 12 heteroatoms. The first-order valence-electron chi connectivity index (χ1n) is 9.00. The van der Waals surface area contributed by atoms with Gasteiger partial charge in [0.25, 0.3) is 0 Å². The molecule has 2 aromatic rings. The van der Waals surface area contributed by atoms with E-state index in [1.54, 1.807) is 0 Å². The summed E-state index contributed by atoms with van der Waals surface area (Å²) in [4.78, 5) is 0. The Morgan fingerprint density at radius 1 is 0.344 bits per heavy atom. The highest BCUT2D eigenvalue weighted by Crippen LogP contribution is 2.47. The lowest BCUT2D eigenvalue weighted by atomic mass is 9.84. The van der Waals surface area contributed by atoms with Crippen molar-refractivity contribution in [2.75, 3.05) is 0 Å². The highest BCUT2D eigenvalue weighted by Gasteiger charge is 2.48. The third-order valence-corrected chi connectivity index (χ3v) is 5.22. The summed E-state index contributed by atoms with van der Waals surface area (Å²) in [5.41, 5.74) is -11.9. The van der Waals surface area contributed by atoms with E-state index in [2.05, 4.69) is 0 Å². The topological polar surface area (TPSA) is 0 Å². The van der Waals surface area contributed by atoms with Gasteiger partial charge in [0.1, 0.15) is 0 Å². The lowest BCUT2D eigenvalue weighted by Gasteiger charge is -2.26. The molecule has 0 aliphatic heterocycles. The first-order chi connectivity index (χ1) is 14.4. The zero-order valence-corrected chi connectivity index (χ0v) is 15.7. The molecule has 0 fully saturated rings. The Hall–Kier alpha value is -2.40. The number of hydrogen-bond donors (Lipinski definition) is 0. The average molecular weight is 480 g/mol. The van der Waals surface area contributed by atoms with Crippen molar-refractivity contribution in [2.45, 2.75) is 50.4 Å². The molecule has 6 rings (SSSR count). The van der Waals surface area contributed by atoms with Gasteiger partial charge < -0.3 is 0 Å². The molecule has 32 heavy (non-hydrogen) atoms. The van der Waals surface area contributed by atoms with Crippen molar-refractivity contribution in [3.63, 3.8) is 0 Å². The van der Waals surface area contributed by atoms with Crippen molar-refractivity contribution >= 4 is 0 Å². The smallest absolute Gasteiger partial charge is 0.166 e. The Balaban J connectivity index is 2.34. The highest BCUT2D eigenvalue weighted by atomic mass is 19.4. The molecule has 4 aliphatic carbocycles. The molecule has 0 heterocycles. The molecule has 0 spiro atoms.